The Hall–Kier alpha value is -3.05. The minimum Gasteiger partial charge on any atom is -0.494 e. The molecular weight excluding hydrogens is 479 g/mol. The van der Waals surface area contributed by atoms with Crippen LogP contribution in [0.15, 0.2) is 48.8 Å². The highest BCUT2D eigenvalue weighted by atomic mass is 19.1. The van der Waals surface area contributed by atoms with E-state index in [2.05, 4.69) is 11.5 Å². The molecule has 200 valence electrons. The molecule has 1 amide bonds. The van der Waals surface area contributed by atoms with Crippen molar-refractivity contribution < 1.29 is 22.7 Å². The summed E-state index contributed by atoms with van der Waals surface area (Å²) in [5.74, 6) is -0.381. The Morgan fingerprint density at radius 2 is 2.00 bits per heavy atom. The monoisotopic (exact) mass is 515 g/mol. The van der Waals surface area contributed by atoms with Crippen molar-refractivity contribution in [2.24, 2.45) is 5.92 Å². The number of hydrogen-bond donors (Lipinski definition) is 0. The highest BCUT2D eigenvalue weighted by molar-refractivity contribution is 5.95. The molecule has 2 saturated heterocycles. The summed E-state index contributed by atoms with van der Waals surface area (Å²) in [5, 5.41) is 9.17. The molecule has 2 heterocycles. The molecule has 0 saturated carbocycles. The third-order valence-electron chi connectivity index (χ3n) is 6.76. The van der Waals surface area contributed by atoms with E-state index in [-0.39, 0.29) is 18.5 Å². The van der Waals surface area contributed by atoms with E-state index < -0.39 is 29.6 Å². The molecule has 0 radical (unpaired) electrons. The van der Waals surface area contributed by atoms with Gasteiger partial charge >= 0.3 is 0 Å². The summed E-state index contributed by atoms with van der Waals surface area (Å²) in [6.45, 7) is 11.6. The highest BCUT2D eigenvalue weighted by Gasteiger charge is 2.36. The van der Waals surface area contributed by atoms with Gasteiger partial charge in [0.1, 0.15) is 29.5 Å². The first-order valence-corrected chi connectivity index (χ1v) is 12.7. The normalized spacial score (nSPS) is 21.9. The van der Waals surface area contributed by atoms with Crippen LogP contribution in [0.25, 0.3) is 5.57 Å². The van der Waals surface area contributed by atoms with Gasteiger partial charge in [0.05, 0.1) is 24.8 Å². The molecule has 37 heavy (non-hydrogen) atoms. The maximum Gasteiger partial charge on any atom is 0.258 e. The summed E-state index contributed by atoms with van der Waals surface area (Å²) < 4.78 is 48.3. The molecular formula is C29H36F3N3O2. The Bertz CT molecular complexity index is 1080. The Kier molecular flexibility index (Phi) is 9.61. The largest absolute Gasteiger partial charge is 0.494 e. The van der Waals surface area contributed by atoms with E-state index in [1.165, 1.54) is 12.1 Å². The highest BCUT2D eigenvalue weighted by Crippen LogP contribution is 2.26. The van der Waals surface area contributed by atoms with E-state index in [9.17, 15) is 18.0 Å². The van der Waals surface area contributed by atoms with E-state index in [4.69, 9.17) is 10.00 Å². The third kappa shape index (κ3) is 7.96. The van der Waals surface area contributed by atoms with Gasteiger partial charge in [-0.05, 0) is 88.0 Å². The van der Waals surface area contributed by atoms with Crippen molar-refractivity contribution in [1.29, 1.82) is 5.26 Å². The zero-order chi connectivity index (χ0) is 27.2. The van der Waals surface area contributed by atoms with Crippen LogP contribution in [0, 0.1) is 23.1 Å². The zero-order valence-electron chi connectivity index (χ0n) is 21.9. The summed E-state index contributed by atoms with van der Waals surface area (Å²) in [5.41, 5.74) is -0.372. The molecule has 0 aliphatic carbocycles. The van der Waals surface area contributed by atoms with Crippen molar-refractivity contribution in [3.05, 3.63) is 65.7 Å². The van der Waals surface area contributed by atoms with E-state index in [0.29, 0.717) is 36.0 Å². The fraction of sp³-hybridized carbons (Fsp3) is 0.517. The number of carbonyl (C=O) groups is 1. The number of carbonyl (C=O) groups excluding carboxylic acids is 1. The van der Waals surface area contributed by atoms with E-state index in [0.717, 1.165) is 30.8 Å². The molecule has 0 N–H and O–H groups in total. The van der Waals surface area contributed by atoms with Crippen molar-refractivity contribution >= 4 is 11.5 Å². The lowest BCUT2D eigenvalue weighted by molar-refractivity contribution is 0.0728. The molecule has 2 fully saturated rings. The lowest BCUT2D eigenvalue weighted by Crippen LogP contribution is -2.41. The number of nitrogens with zero attached hydrogens (tertiary/aromatic N) is 3. The summed E-state index contributed by atoms with van der Waals surface area (Å²) in [6, 6.07) is 5.15. The molecule has 2 aliphatic heterocycles. The fourth-order valence-corrected chi connectivity index (χ4v) is 4.74. The van der Waals surface area contributed by atoms with Crippen molar-refractivity contribution in [3.8, 4) is 6.07 Å². The van der Waals surface area contributed by atoms with Gasteiger partial charge in [0.15, 0.2) is 0 Å². The Morgan fingerprint density at radius 1 is 1.30 bits per heavy atom. The van der Waals surface area contributed by atoms with Crippen LogP contribution in [0.3, 0.4) is 0 Å². The van der Waals surface area contributed by atoms with E-state index >= 15 is 0 Å². The fourth-order valence-electron chi connectivity index (χ4n) is 4.74. The van der Waals surface area contributed by atoms with Gasteiger partial charge in [0, 0.05) is 13.0 Å². The van der Waals surface area contributed by atoms with E-state index in [1.54, 1.807) is 32.1 Å². The lowest BCUT2D eigenvalue weighted by atomic mass is 9.97. The molecule has 3 rings (SSSR count). The van der Waals surface area contributed by atoms with Crippen LogP contribution in [0.1, 0.15) is 56.0 Å². The number of rotatable bonds is 9. The Morgan fingerprint density at radius 3 is 2.59 bits per heavy atom. The number of ether oxygens (including phenoxy) is 1. The minimum atomic E-state index is -1.29. The average Bonchev–Trinajstić information content (AvgIpc) is 3.24. The van der Waals surface area contributed by atoms with Crippen LogP contribution in [0.4, 0.5) is 13.2 Å². The first-order chi connectivity index (χ1) is 17.5. The van der Waals surface area contributed by atoms with Crippen LogP contribution in [-0.2, 0) is 4.74 Å². The predicted octanol–water partition coefficient (Wildman–Crippen LogP) is 5.85. The second kappa shape index (κ2) is 12.5. The maximum atomic E-state index is 14.8. The molecule has 5 nitrogen and oxygen atoms in total. The maximum absolute atomic E-state index is 14.8. The number of alkyl halides is 2. The van der Waals surface area contributed by atoms with Crippen molar-refractivity contribution in [2.45, 2.75) is 57.9 Å². The first kappa shape index (κ1) is 28.5. The summed E-state index contributed by atoms with van der Waals surface area (Å²) in [7, 11) is 0. The molecule has 1 aromatic rings. The summed E-state index contributed by atoms with van der Waals surface area (Å²) in [4.78, 5) is 15.9. The van der Waals surface area contributed by atoms with Crippen molar-refractivity contribution in [3.63, 3.8) is 0 Å². The molecule has 2 aliphatic rings. The minimum absolute atomic E-state index is 0.0599. The van der Waals surface area contributed by atoms with Crippen molar-refractivity contribution in [2.75, 3.05) is 32.8 Å². The Balaban J connectivity index is 1.53. The molecule has 0 unspecified atom stereocenters. The zero-order valence-corrected chi connectivity index (χ0v) is 21.9. The number of amides is 1. The van der Waals surface area contributed by atoms with Crippen LogP contribution >= 0.6 is 0 Å². The van der Waals surface area contributed by atoms with Crippen LogP contribution in [0.2, 0.25) is 0 Å². The first-order valence-electron chi connectivity index (χ1n) is 12.7. The predicted molar refractivity (Wildman–Crippen MR) is 139 cm³/mol. The third-order valence-corrected chi connectivity index (χ3v) is 6.76. The molecule has 1 aromatic carbocycles. The van der Waals surface area contributed by atoms with Gasteiger partial charge in [0.2, 0.25) is 0 Å². The number of nitriles is 1. The Labute approximate surface area is 217 Å². The van der Waals surface area contributed by atoms with Crippen LogP contribution < -0.4 is 0 Å². The second-order valence-corrected chi connectivity index (χ2v) is 10.4. The number of benzene rings is 1. The standard InChI is InChI=1S/C29H36F3N3O2/c1-5-25(37-18-21-10-12-34(13-11-21)19-29(3,4)32)8-6-20(2)22-7-9-26(27(31)14-22)28(36)35-17-23(30)15-24(35)16-33/h5-9,14,21,23-24H,2,10-13,15,17-19H2,1,3-4H3/b8-6-,25-5+/t23-,24-/m0/s1. The molecule has 0 bridgehead atoms. The number of hydrogen-bond acceptors (Lipinski definition) is 4. The molecule has 0 spiro atoms. The topological polar surface area (TPSA) is 56.6 Å². The quantitative estimate of drug-likeness (QED) is 0.306. The van der Waals surface area contributed by atoms with Gasteiger partial charge < -0.3 is 14.5 Å². The second-order valence-electron chi connectivity index (χ2n) is 10.4. The SMILES string of the molecule is C=C(/C=C\C(=C/C)OCC1CCN(CC(C)(C)F)CC1)c1ccc(C(=O)N2C[C@@H](F)C[C@H]2C#N)c(F)c1. The van der Waals surface area contributed by atoms with Gasteiger partial charge in [-0.15, -0.1) is 0 Å². The molecule has 0 aromatic heterocycles. The number of allylic oxidation sites excluding steroid dienone is 4. The summed E-state index contributed by atoms with van der Waals surface area (Å²) in [6.07, 6.45) is 5.88. The van der Waals surface area contributed by atoms with Gasteiger partial charge in [-0.25, -0.2) is 13.2 Å². The molecule has 2 atom stereocenters. The molecule has 8 heteroatoms. The van der Waals surface area contributed by atoms with Gasteiger partial charge in [-0.2, -0.15) is 5.26 Å². The van der Waals surface area contributed by atoms with Gasteiger partial charge in [0.25, 0.3) is 5.91 Å². The van der Waals surface area contributed by atoms with Gasteiger partial charge in [-0.1, -0.05) is 18.7 Å². The smallest absolute Gasteiger partial charge is 0.258 e. The van der Waals surface area contributed by atoms with E-state index in [1.807, 2.05) is 19.1 Å². The number of halogens is 3. The van der Waals surface area contributed by atoms with Crippen LogP contribution in [0.5, 0.6) is 0 Å². The van der Waals surface area contributed by atoms with Crippen LogP contribution in [-0.4, -0.2) is 66.4 Å². The average molecular weight is 516 g/mol. The van der Waals surface area contributed by atoms with Crippen molar-refractivity contribution in [1.82, 2.24) is 9.80 Å². The number of likely N-dealkylation sites (tertiary alicyclic amines) is 2. The van der Waals surface area contributed by atoms with Gasteiger partial charge in [-0.3, -0.25) is 4.79 Å². The lowest BCUT2D eigenvalue weighted by Gasteiger charge is -2.34. The number of piperidine rings is 1. The summed E-state index contributed by atoms with van der Waals surface area (Å²) >= 11 is 0.